The predicted octanol–water partition coefficient (Wildman–Crippen LogP) is -0.500. The topological polar surface area (TPSA) is 72.2 Å². The van der Waals surface area contributed by atoms with E-state index < -0.39 is 9.84 Å². The molecule has 0 aromatic carbocycles. The van der Waals surface area contributed by atoms with E-state index in [0.29, 0.717) is 18.8 Å². The Bertz CT molecular complexity index is 251. The molecule has 2 unspecified atom stereocenters. The summed E-state index contributed by atoms with van der Waals surface area (Å²) >= 11 is 0. The lowest BCUT2D eigenvalue weighted by Crippen LogP contribution is -2.39. The Morgan fingerprint density at radius 2 is 2.31 bits per heavy atom. The van der Waals surface area contributed by atoms with Gasteiger partial charge in [-0.25, -0.2) is 8.42 Å². The van der Waals surface area contributed by atoms with Crippen LogP contribution in [0.25, 0.3) is 0 Å². The molecule has 0 bridgehead atoms. The molecule has 0 aliphatic carbocycles. The van der Waals surface area contributed by atoms with Crippen LogP contribution in [0.5, 0.6) is 0 Å². The third-order valence-corrected chi connectivity index (χ3v) is 4.79. The minimum absolute atomic E-state index is 0.179. The summed E-state index contributed by atoms with van der Waals surface area (Å²) in [5.41, 5.74) is 5.41. The van der Waals surface area contributed by atoms with Crippen molar-refractivity contribution in [1.82, 2.24) is 5.32 Å². The lowest BCUT2D eigenvalue weighted by molar-refractivity contribution is 0.529. The average Bonchev–Trinajstić information content (AvgIpc) is 2.41. The van der Waals surface area contributed by atoms with Crippen molar-refractivity contribution in [2.45, 2.75) is 31.1 Å². The van der Waals surface area contributed by atoms with Gasteiger partial charge in [0.1, 0.15) is 0 Å². The van der Waals surface area contributed by atoms with Crippen molar-refractivity contribution >= 4 is 9.84 Å². The number of rotatable bonds is 4. The molecule has 0 amide bonds. The Kier molecular flexibility index (Phi) is 3.70. The van der Waals surface area contributed by atoms with Gasteiger partial charge < -0.3 is 11.1 Å². The number of nitrogens with two attached hydrogens (primary N) is 1. The second kappa shape index (κ2) is 4.39. The summed E-state index contributed by atoms with van der Waals surface area (Å²) in [6, 6.07) is 0.204. The van der Waals surface area contributed by atoms with Gasteiger partial charge in [0.2, 0.25) is 0 Å². The molecule has 0 saturated carbocycles. The molecular formula is C8H18N2O2S. The number of hydrogen-bond donors (Lipinski definition) is 2. The maximum Gasteiger partial charge on any atom is 0.154 e. The quantitative estimate of drug-likeness (QED) is 0.650. The van der Waals surface area contributed by atoms with Crippen molar-refractivity contribution in [3.63, 3.8) is 0 Å². The molecule has 4 nitrogen and oxygen atoms in total. The van der Waals surface area contributed by atoms with Crippen LogP contribution in [0.4, 0.5) is 0 Å². The number of sulfone groups is 1. The molecule has 1 saturated heterocycles. The third-order valence-electron chi connectivity index (χ3n) is 2.51. The first kappa shape index (κ1) is 10.9. The molecule has 1 aliphatic rings. The maximum absolute atomic E-state index is 11.4. The highest BCUT2D eigenvalue weighted by molar-refractivity contribution is 7.92. The fraction of sp³-hybridized carbons (Fsp3) is 1.00. The SMILES string of the molecule is CC(CN)NCC1CCCS1(=O)=O. The normalized spacial score (nSPS) is 28.9. The van der Waals surface area contributed by atoms with Gasteiger partial charge >= 0.3 is 0 Å². The summed E-state index contributed by atoms with van der Waals surface area (Å²) in [5.74, 6) is 0.357. The van der Waals surface area contributed by atoms with Crippen molar-refractivity contribution < 1.29 is 8.42 Å². The molecule has 3 N–H and O–H groups in total. The highest BCUT2D eigenvalue weighted by Crippen LogP contribution is 2.18. The molecule has 0 aromatic rings. The lowest BCUT2D eigenvalue weighted by atomic mass is 10.2. The van der Waals surface area contributed by atoms with Crippen molar-refractivity contribution in [3.8, 4) is 0 Å². The molecule has 13 heavy (non-hydrogen) atoms. The molecule has 5 heteroatoms. The zero-order valence-electron chi connectivity index (χ0n) is 7.99. The van der Waals surface area contributed by atoms with Gasteiger partial charge in [-0.3, -0.25) is 0 Å². The molecule has 0 radical (unpaired) electrons. The Morgan fingerprint density at radius 1 is 1.62 bits per heavy atom. The summed E-state index contributed by atoms with van der Waals surface area (Å²) in [5, 5.41) is 2.95. The fourth-order valence-electron chi connectivity index (χ4n) is 1.50. The molecule has 78 valence electrons. The second-order valence-corrected chi connectivity index (χ2v) is 6.08. The number of hydrogen-bond acceptors (Lipinski definition) is 4. The summed E-state index contributed by atoms with van der Waals surface area (Å²) in [7, 11) is -2.79. The average molecular weight is 206 g/mol. The van der Waals surface area contributed by atoms with Gasteiger partial charge in [0, 0.05) is 19.1 Å². The second-order valence-electron chi connectivity index (χ2n) is 3.68. The van der Waals surface area contributed by atoms with Crippen LogP contribution in [0.15, 0.2) is 0 Å². The van der Waals surface area contributed by atoms with Gasteiger partial charge in [-0.15, -0.1) is 0 Å². The highest BCUT2D eigenvalue weighted by Gasteiger charge is 2.30. The van der Waals surface area contributed by atoms with Crippen LogP contribution in [0.1, 0.15) is 19.8 Å². The van der Waals surface area contributed by atoms with Crippen molar-refractivity contribution in [2.24, 2.45) is 5.73 Å². The molecule has 1 rings (SSSR count). The molecule has 1 aliphatic heterocycles. The van der Waals surface area contributed by atoms with Gasteiger partial charge in [-0.1, -0.05) is 0 Å². The highest BCUT2D eigenvalue weighted by atomic mass is 32.2. The van der Waals surface area contributed by atoms with Crippen molar-refractivity contribution in [2.75, 3.05) is 18.8 Å². The summed E-state index contributed by atoms with van der Waals surface area (Å²) in [6.07, 6.45) is 1.61. The zero-order valence-corrected chi connectivity index (χ0v) is 8.81. The van der Waals surface area contributed by atoms with Crippen LogP contribution in [-0.4, -0.2) is 38.6 Å². The first-order chi connectivity index (χ1) is 6.06. The Labute approximate surface area is 79.8 Å². The van der Waals surface area contributed by atoms with Crippen molar-refractivity contribution in [3.05, 3.63) is 0 Å². The van der Waals surface area contributed by atoms with Crippen LogP contribution in [0.2, 0.25) is 0 Å². The molecule has 2 atom stereocenters. The van der Waals surface area contributed by atoms with E-state index in [-0.39, 0.29) is 11.3 Å². The van der Waals surface area contributed by atoms with Crippen LogP contribution < -0.4 is 11.1 Å². The minimum atomic E-state index is -2.79. The zero-order chi connectivity index (χ0) is 9.90. The first-order valence-electron chi connectivity index (χ1n) is 4.71. The molecule has 0 aromatic heterocycles. The van der Waals surface area contributed by atoms with E-state index in [2.05, 4.69) is 5.32 Å². The summed E-state index contributed by atoms with van der Waals surface area (Å²) < 4.78 is 22.8. The van der Waals surface area contributed by atoms with Crippen molar-refractivity contribution in [1.29, 1.82) is 0 Å². The maximum atomic E-state index is 11.4. The molecule has 0 spiro atoms. The minimum Gasteiger partial charge on any atom is -0.329 e. The molecule has 1 heterocycles. The Hall–Kier alpha value is -0.130. The van der Waals surface area contributed by atoms with Crippen LogP contribution >= 0.6 is 0 Å². The standard InChI is InChI=1S/C8H18N2O2S/c1-7(5-9)10-6-8-3-2-4-13(8,11)12/h7-8,10H,2-6,9H2,1H3. The Morgan fingerprint density at radius 3 is 2.77 bits per heavy atom. The monoisotopic (exact) mass is 206 g/mol. The van der Waals surface area contributed by atoms with Gasteiger partial charge in [-0.2, -0.15) is 0 Å². The van der Waals surface area contributed by atoms with E-state index in [1.165, 1.54) is 0 Å². The number of nitrogens with one attached hydrogen (secondary N) is 1. The molecular weight excluding hydrogens is 188 g/mol. The van der Waals surface area contributed by atoms with E-state index in [9.17, 15) is 8.42 Å². The van der Waals surface area contributed by atoms with Crippen LogP contribution in [-0.2, 0) is 9.84 Å². The third kappa shape index (κ3) is 2.93. The first-order valence-corrected chi connectivity index (χ1v) is 6.43. The fourth-order valence-corrected chi connectivity index (χ4v) is 3.28. The van der Waals surface area contributed by atoms with E-state index in [1.54, 1.807) is 0 Å². The Balaban J connectivity index is 2.37. The van der Waals surface area contributed by atoms with E-state index in [0.717, 1.165) is 12.8 Å². The van der Waals surface area contributed by atoms with E-state index in [1.807, 2.05) is 6.92 Å². The van der Waals surface area contributed by atoms with E-state index >= 15 is 0 Å². The van der Waals surface area contributed by atoms with E-state index in [4.69, 9.17) is 5.73 Å². The van der Waals surface area contributed by atoms with Crippen LogP contribution in [0, 0.1) is 0 Å². The van der Waals surface area contributed by atoms with Gasteiger partial charge in [-0.05, 0) is 19.8 Å². The predicted molar refractivity (Wildman–Crippen MR) is 53.3 cm³/mol. The van der Waals surface area contributed by atoms with Gasteiger partial charge in [0.25, 0.3) is 0 Å². The van der Waals surface area contributed by atoms with Gasteiger partial charge in [0.05, 0.1) is 11.0 Å². The lowest BCUT2D eigenvalue weighted by Gasteiger charge is -2.14. The molecule has 1 fully saturated rings. The van der Waals surface area contributed by atoms with Crippen LogP contribution in [0.3, 0.4) is 0 Å². The largest absolute Gasteiger partial charge is 0.329 e. The van der Waals surface area contributed by atoms with Gasteiger partial charge in [0.15, 0.2) is 9.84 Å². The summed E-state index contributed by atoms with van der Waals surface area (Å²) in [6.45, 7) is 3.06. The summed E-state index contributed by atoms with van der Waals surface area (Å²) in [4.78, 5) is 0. The smallest absolute Gasteiger partial charge is 0.154 e.